The smallest absolute Gasteiger partial charge is 0.244 e. The Hall–Kier alpha value is -0.790. The van der Waals surface area contributed by atoms with E-state index in [0.29, 0.717) is 5.92 Å². The van der Waals surface area contributed by atoms with Crippen molar-refractivity contribution in [1.29, 1.82) is 0 Å². The second kappa shape index (κ2) is 4.96. The van der Waals surface area contributed by atoms with E-state index >= 15 is 0 Å². The first-order chi connectivity index (χ1) is 5.50. The van der Waals surface area contributed by atoms with Crippen LogP contribution in [-0.4, -0.2) is 5.91 Å². The molecule has 0 aromatic carbocycles. The third-order valence-corrected chi connectivity index (χ3v) is 2.02. The van der Waals surface area contributed by atoms with Gasteiger partial charge in [-0.25, -0.2) is 0 Å². The van der Waals surface area contributed by atoms with Crippen molar-refractivity contribution < 1.29 is 4.79 Å². The summed E-state index contributed by atoms with van der Waals surface area (Å²) in [5.74, 6) is 0.0356. The number of nitrogens with two attached hydrogens (primary N) is 1. The van der Waals surface area contributed by atoms with Gasteiger partial charge in [0.25, 0.3) is 0 Å². The molecule has 1 unspecified atom stereocenters. The van der Waals surface area contributed by atoms with Crippen molar-refractivity contribution in [2.75, 3.05) is 0 Å². The van der Waals surface area contributed by atoms with Gasteiger partial charge in [-0.15, -0.1) is 0 Å². The molecule has 0 aliphatic heterocycles. The Bertz CT molecular complexity index is 190. The van der Waals surface area contributed by atoms with E-state index in [0.717, 1.165) is 24.0 Å². The molecule has 2 heteroatoms. The minimum absolute atomic E-state index is 0.268. The van der Waals surface area contributed by atoms with Crippen LogP contribution in [0.2, 0.25) is 0 Å². The van der Waals surface area contributed by atoms with E-state index in [1.807, 2.05) is 13.8 Å². The highest BCUT2D eigenvalue weighted by Gasteiger charge is 2.14. The number of hydrogen-bond donors (Lipinski definition) is 1. The Morgan fingerprint density at radius 3 is 2.17 bits per heavy atom. The molecule has 12 heavy (non-hydrogen) atoms. The maximum Gasteiger partial charge on any atom is 0.244 e. The van der Waals surface area contributed by atoms with Crippen LogP contribution in [0.5, 0.6) is 0 Å². The molecule has 2 nitrogen and oxygen atoms in total. The largest absolute Gasteiger partial charge is 0.366 e. The summed E-state index contributed by atoms with van der Waals surface area (Å²) in [7, 11) is 0. The molecule has 0 aliphatic rings. The number of carbonyl (C=O) groups is 1. The number of amides is 1. The summed E-state index contributed by atoms with van der Waals surface area (Å²) in [4.78, 5) is 11.0. The first-order valence-corrected chi connectivity index (χ1v) is 4.47. The van der Waals surface area contributed by atoms with Crippen LogP contribution in [0.25, 0.3) is 0 Å². The van der Waals surface area contributed by atoms with Crippen molar-refractivity contribution in [1.82, 2.24) is 0 Å². The quantitative estimate of drug-likeness (QED) is 0.644. The third kappa shape index (κ3) is 3.07. The molecule has 0 aromatic heterocycles. The third-order valence-electron chi connectivity index (χ3n) is 2.02. The molecule has 0 aromatic rings. The standard InChI is InChI=1S/C10H19NO/c1-5-6-8(4)9(7(2)3)10(11)12/h8H,5-6H2,1-4H3,(H2,11,12). The van der Waals surface area contributed by atoms with Crippen LogP contribution >= 0.6 is 0 Å². The molecular formula is C10H19NO. The zero-order valence-corrected chi connectivity index (χ0v) is 8.48. The van der Waals surface area contributed by atoms with E-state index in [1.54, 1.807) is 0 Å². The van der Waals surface area contributed by atoms with Gasteiger partial charge in [-0.2, -0.15) is 0 Å². The summed E-state index contributed by atoms with van der Waals surface area (Å²) >= 11 is 0. The molecule has 0 saturated carbocycles. The zero-order chi connectivity index (χ0) is 9.72. The lowest BCUT2D eigenvalue weighted by Crippen LogP contribution is -2.20. The maximum absolute atomic E-state index is 11.0. The summed E-state index contributed by atoms with van der Waals surface area (Å²) in [5.41, 5.74) is 7.12. The fourth-order valence-corrected chi connectivity index (χ4v) is 1.56. The first kappa shape index (κ1) is 11.2. The molecule has 0 fully saturated rings. The Morgan fingerprint density at radius 1 is 1.42 bits per heavy atom. The molecule has 2 N–H and O–H groups in total. The van der Waals surface area contributed by atoms with Gasteiger partial charge in [-0.3, -0.25) is 4.79 Å². The maximum atomic E-state index is 11.0. The van der Waals surface area contributed by atoms with Gasteiger partial charge in [-0.1, -0.05) is 25.8 Å². The normalized spacial score (nSPS) is 12.3. The SMILES string of the molecule is CCCC(C)C(C(N)=O)=C(C)C. The van der Waals surface area contributed by atoms with Gasteiger partial charge in [0.15, 0.2) is 0 Å². The van der Waals surface area contributed by atoms with Crippen LogP contribution in [0, 0.1) is 5.92 Å². The zero-order valence-electron chi connectivity index (χ0n) is 8.48. The van der Waals surface area contributed by atoms with Gasteiger partial charge in [0.1, 0.15) is 0 Å². The lowest BCUT2D eigenvalue weighted by molar-refractivity contribution is -0.115. The van der Waals surface area contributed by atoms with Crippen LogP contribution in [0.4, 0.5) is 0 Å². The van der Waals surface area contributed by atoms with Gasteiger partial charge in [0.05, 0.1) is 0 Å². The van der Waals surface area contributed by atoms with Crippen molar-refractivity contribution in [3.8, 4) is 0 Å². The van der Waals surface area contributed by atoms with E-state index < -0.39 is 0 Å². The molecule has 0 bridgehead atoms. The molecule has 0 radical (unpaired) electrons. The molecule has 0 aliphatic carbocycles. The number of carbonyl (C=O) groups excluding carboxylic acids is 1. The van der Waals surface area contributed by atoms with Crippen molar-refractivity contribution in [2.45, 2.75) is 40.5 Å². The van der Waals surface area contributed by atoms with Gasteiger partial charge in [0, 0.05) is 5.57 Å². The Labute approximate surface area is 74.8 Å². The van der Waals surface area contributed by atoms with E-state index in [4.69, 9.17) is 5.73 Å². The fraction of sp³-hybridized carbons (Fsp3) is 0.700. The van der Waals surface area contributed by atoms with Gasteiger partial charge >= 0.3 is 0 Å². The number of hydrogen-bond acceptors (Lipinski definition) is 1. The van der Waals surface area contributed by atoms with Crippen molar-refractivity contribution in [2.24, 2.45) is 11.7 Å². The van der Waals surface area contributed by atoms with Crippen molar-refractivity contribution in [3.05, 3.63) is 11.1 Å². The second-order valence-corrected chi connectivity index (χ2v) is 3.47. The minimum Gasteiger partial charge on any atom is -0.366 e. The molecular weight excluding hydrogens is 150 g/mol. The van der Waals surface area contributed by atoms with E-state index in [1.165, 1.54) is 0 Å². The second-order valence-electron chi connectivity index (χ2n) is 3.47. The highest BCUT2D eigenvalue weighted by Crippen LogP contribution is 2.19. The van der Waals surface area contributed by atoms with Crippen molar-refractivity contribution >= 4 is 5.91 Å². The predicted molar refractivity (Wildman–Crippen MR) is 51.6 cm³/mol. The monoisotopic (exact) mass is 169 g/mol. The van der Waals surface area contributed by atoms with Crippen molar-refractivity contribution in [3.63, 3.8) is 0 Å². The predicted octanol–water partition coefficient (Wildman–Crippen LogP) is 2.24. The molecule has 0 spiro atoms. The average Bonchev–Trinajstić information content (AvgIpc) is 1.85. The van der Waals surface area contributed by atoms with Gasteiger partial charge in [0.2, 0.25) is 5.91 Å². The van der Waals surface area contributed by atoms with Gasteiger partial charge < -0.3 is 5.73 Å². The molecule has 0 rings (SSSR count). The number of allylic oxidation sites excluding steroid dienone is 1. The summed E-state index contributed by atoms with van der Waals surface area (Å²) in [6, 6.07) is 0. The first-order valence-electron chi connectivity index (χ1n) is 4.47. The van der Waals surface area contributed by atoms with E-state index in [-0.39, 0.29) is 5.91 Å². The molecule has 1 amide bonds. The van der Waals surface area contributed by atoms with E-state index in [9.17, 15) is 4.79 Å². The summed E-state index contributed by atoms with van der Waals surface area (Å²) in [6.45, 7) is 8.04. The highest BCUT2D eigenvalue weighted by molar-refractivity contribution is 5.93. The average molecular weight is 169 g/mol. The summed E-state index contributed by atoms with van der Waals surface area (Å²) in [5, 5.41) is 0. The van der Waals surface area contributed by atoms with Crippen LogP contribution < -0.4 is 5.73 Å². The van der Waals surface area contributed by atoms with E-state index in [2.05, 4.69) is 13.8 Å². The van der Waals surface area contributed by atoms with Crippen LogP contribution in [-0.2, 0) is 4.79 Å². The fourth-order valence-electron chi connectivity index (χ4n) is 1.56. The molecule has 0 saturated heterocycles. The Kier molecular flexibility index (Phi) is 4.64. The van der Waals surface area contributed by atoms with Crippen LogP contribution in [0.3, 0.4) is 0 Å². The van der Waals surface area contributed by atoms with Crippen LogP contribution in [0.15, 0.2) is 11.1 Å². The molecule has 70 valence electrons. The number of primary amides is 1. The minimum atomic E-state index is -0.268. The lowest BCUT2D eigenvalue weighted by Gasteiger charge is -2.13. The number of rotatable bonds is 4. The summed E-state index contributed by atoms with van der Waals surface area (Å²) < 4.78 is 0. The Balaban J connectivity index is 4.54. The van der Waals surface area contributed by atoms with Crippen LogP contribution in [0.1, 0.15) is 40.5 Å². The topological polar surface area (TPSA) is 43.1 Å². The molecule has 0 heterocycles. The molecule has 1 atom stereocenters. The van der Waals surface area contributed by atoms with Gasteiger partial charge in [-0.05, 0) is 26.2 Å². The highest BCUT2D eigenvalue weighted by atomic mass is 16.1. The lowest BCUT2D eigenvalue weighted by atomic mass is 9.92. The summed E-state index contributed by atoms with van der Waals surface area (Å²) in [6.07, 6.45) is 2.12. The Morgan fingerprint density at radius 2 is 1.92 bits per heavy atom.